The van der Waals surface area contributed by atoms with E-state index in [1.54, 1.807) is 0 Å². The normalized spacial score (nSPS) is 30.4. The van der Waals surface area contributed by atoms with Crippen LogP contribution in [0.1, 0.15) is 33.1 Å². The van der Waals surface area contributed by atoms with E-state index in [1.807, 2.05) is 6.92 Å². The van der Waals surface area contributed by atoms with E-state index in [4.69, 9.17) is 4.74 Å². The number of piperidine rings is 2. The van der Waals surface area contributed by atoms with Gasteiger partial charge in [-0.05, 0) is 45.2 Å². The molecule has 4 nitrogen and oxygen atoms in total. The maximum absolute atomic E-state index is 12.5. The summed E-state index contributed by atoms with van der Waals surface area (Å²) in [4.78, 5) is 14.5. The highest BCUT2D eigenvalue weighted by Gasteiger charge is 2.32. The van der Waals surface area contributed by atoms with Crippen molar-refractivity contribution in [2.45, 2.75) is 39.2 Å². The summed E-state index contributed by atoms with van der Waals surface area (Å²) >= 11 is 0. The van der Waals surface area contributed by atoms with Crippen LogP contribution in [0, 0.1) is 11.8 Å². The third kappa shape index (κ3) is 3.23. The fourth-order valence-electron chi connectivity index (χ4n) is 3.09. The van der Waals surface area contributed by atoms with Crippen molar-refractivity contribution in [1.29, 1.82) is 0 Å². The molecule has 2 aliphatic rings. The van der Waals surface area contributed by atoms with E-state index in [0.29, 0.717) is 17.9 Å². The van der Waals surface area contributed by atoms with Crippen LogP contribution in [0.25, 0.3) is 0 Å². The third-order valence-electron chi connectivity index (χ3n) is 4.26. The molecule has 104 valence electrons. The quantitative estimate of drug-likeness (QED) is 0.824. The Morgan fingerprint density at radius 2 is 2.06 bits per heavy atom. The Labute approximate surface area is 110 Å². The van der Waals surface area contributed by atoms with Crippen molar-refractivity contribution in [2.75, 3.05) is 32.8 Å². The summed E-state index contributed by atoms with van der Waals surface area (Å²) in [6, 6.07) is 0. The zero-order valence-electron chi connectivity index (χ0n) is 11.7. The highest BCUT2D eigenvalue weighted by Crippen LogP contribution is 2.23. The molecule has 0 aromatic heterocycles. The highest BCUT2D eigenvalue weighted by molar-refractivity contribution is 5.79. The number of amides is 1. The number of carbonyl (C=O) groups excluding carboxylic acids is 1. The summed E-state index contributed by atoms with van der Waals surface area (Å²) in [7, 11) is 0. The molecule has 2 unspecified atom stereocenters. The zero-order chi connectivity index (χ0) is 13.0. The maximum Gasteiger partial charge on any atom is 0.226 e. The van der Waals surface area contributed by atoms with Crippen molar-refractivity contribution in [2.24, 2.45) is 11.8 Å². The Kier molecular flexibility index (Phi) is 5.01. The van der Waals surface area contributed by atoms with E-state index in [2.05, 4.69) is 17.1 Å². The molecule has 0 radical (unpaired) electrons. The van der Waals surface area contributed by atoms with Crippen molar-refractivity contribution in [1.82, 2.24) is 10.2 Å². The number of hydrogen-bond donors (Lipinski definition) is 1. The lowest BCUT2D eigenvalue weighted by molar-refractivity contribution is -0.140. The molecule has 0 aromatic carbocycles. The average molecular weight is 254 g/mol. The Hall–Kier alpha value is -0.610. The lowest BCUT2D eigenvalue weighted by Gasteiger charge is -2.37. The van der Waals surface area contributed by atoms with Gasteiger partial charge in [0.15, 0.2) is 0 Å². The molecule has 2 saturated heterocycles. The topological polar surface area (TPSA) is 41.6 Å². The summed E-state index contributed by atoms with van der Waals surface area (Å²) in [6.07, 6.45) is 3.35. The number of nitrogens with zero attached hydrogens (tertiary/aromatic N) is 1. The van der Waals surface area contributed by atoms with Crippen LogP contribution in [-0.2, 0) is 9.53 Å². The van der Waals surface area contributed by atoms with E-state index in [1.165, 1.54) is 0 Å². The fourth-order valence-corrected chi connectivity index (χ4v) is 3.09. The van der Waals surface area contributed by atoms with Gasteiger partial charge in [-0.2, -0.15) is 0 Å². The molecule has 2 atom stereocenters. The predicted octanol–water partition coefficient (Wildman–Crippen LogP) is 1.26. The predicted molar refractivity (Wildman–Crippen MR) is 71.4 cm³/mol. The molecule has 1 N–H and O–H groups in total. The highest BCUT2D eigenvalue weighted by atomic mass is 16.5. The van der Waals surface area contributed by atoms with Gasteiger partial charge in [-0.15, -0.1) is 0 Å². The molecular weight excluding hydrogens is 228 g/mol. The molecule has 0 aromatic rings. The van der Waals surface area contributed by atoms with Crippen LogP contribution in [0.4, 0.5) is 0 Å². The van der Waals surface area contributed by atoms with Gasteiger partial charge >= 0.3 is 0 Å². The minimum absolute atomic E-state index is 0.231. The van der Waals surface area contributed by atoms with Crippen molar-refractivity contribution in [3.8, 4) is 0 Å². The molecule has 0 spiro atoms. The summed E-state index contributed by atoms with van der Waals surface area (Å²) in [5, 5.41) is 3.36. The second-order valence-electron chi connectivity index (χ2n) is 5.56. The number of ether oxygens (including phenoxy) is 1. The average Bonchev–Trinajstić information content (AvgIpc) is 2.40. The molecule has 0 saturated carbocycles. The minimum atomic E-state index is 0.231. The minimum Gasteiger partial charge on any atom is -0.378 e. The molecule has 2 aliphatic heterocycles. The Bertz CT molecular complexity index is 275. The van der Waals surface area contributed by atoms with Gasteiger partial charge in [0, 0.05) is 25.6 Å². The molecule has 0 aliphatic carbocycles. The molecule has 0 bridgehead atoms. The molecule has 18 heavy (non-hydrogen) atoms. The monoisotopic (exact) mass is 254 g/mol. The largest absolute Gasteiger partial charge is 0.378 e. The first-order valence-electron chi connectivity index (χ1n) is 7.33. The van der Waals surface area contributed by atoms with Gasteiger partial charge in [0.25, 0.3) is 0 Å². The van der Waals surface area contributed by atoms with E-state index >= 15 is 0 Å². The molecule has 1 amide bonds. The van der Waals surface area contributed by atoms with Crippen LogP contribution in [0.5, 0.6) is 0 Å². The fraction of sp³-hybridized carbons (Fsp3) is 0.929. The second kappa shape index (κ2) is 6.53. The number of rotatable bonds is 3. The van der Waals surface area contributed by atoms with Gasteiger partial charge in [-0.1, -0.05) is 6.92 Å². The molecule has 2 rings (SSSR count). The Morgan fingerprint density at radius 3 is 2.67 bits per heavy atom. The van der Waals surface area contributed by atoms with Gasteiger partial charge in [0.2, 0.25) is 5.91 Å². The van der Waals surface area contributed by atoms with Gasteiger partial charge in [0.05, 0.1) is 6.10 Å². The SMILES string of the molecule is CCOC1CCN(C(=O)C2CCNCC2C)CC1. The van der Waals surface area contributed by atoms with Crippen molar-refractivity contribution in [3.05, 3.63) is 0 Å². The maximum atomic E-state index is 12.5. The summed E-state index contributed by atoms with van der Waals surface area (Å²) in [6.45, 7) is 8.71. The van der Waals surface area contributed by atoms with E-state index < -0.39 is 0 Å². The first-order valence-corrected chi connectivity index (χ1v) is 7.33. The number of likely N-dealkylation sites (tertiary alicyclic amines) is 1. The van der Waals surface area contributed by atoms with E-state index in [-0.39, 0.29) is 5.92 Å². The van der Waals surface area contributed by atoms with E-state index in [9.17, 15) is 4.79 Å². The number of hydrogen-bond acceptors (Lipinski definition) is 3. The van der Waals surface area contributed by atoms with Crippen LogP contribution < -0.4 is 5.32 Å². The van der Waals surface area contributed by atoms with Gasteiger partial charge < -0.3 is 15.0 Å². The van der Waals surface area contributed by atoms with E-state index in [0.717, 1.165) is 52.0 Å². The van der Waals surface area contributed by atoms with Crippen molar-refractivity contribution in [3.63, 3.8) is 0 Å². The smallest absolute Gasteiger partial charge is 0.226 e. The van der Waals surface area contributed by atoms with Crippen LogP contribution in [0.15, 0.2) is 0 Å². The molecular formula is C14H26N2O2. The zero-order valence-corrected chi connectivity index (χ0v) is 11.7. The molecule has 4 heteroatoms. The molecule has 2 heterocycles. The standard InChI is InChI=1S/C14H26N2O2/c1-3-18-12-5-8-16(9-6-12)14(17)13-4-7-15-10-11(13)2/h11-13,15H,3-10H2,1-2H3. The van der Waals surface area contributed by atoms with Crippen molar-refractivity contribution < 1.29 is 9.53 Å². The summed E-state index contributed by atoms with van der Waals surface area (Å²) in [5.41, 5.74) is 0. The van der Waals surface area contributed by atoms with Crippen LogP contribution in [-0.4, -0.2) is 49.7 Å². The summed E-state index contributed by atoms with van der Waals surface area (Å²) < 4.78 is 5.63. The number of carbonyl (C=O) groups is 1. The van der Waals surface area contributed by atoms with Gasteiger partial charge in [0.1, 0.15) is 0 Å². The van der Waals surface area contributed by atoms with Gasteiger partial charge in [-0.25, -0.2) is 0 Å². The Morgan fingerprint density at radius 1 is 1.33 bits per heavy atom. The molecule has 2 fully saturated rings. The first-order chi connectivity index (χ1) is 8.72. The lowest BCUT2D eigenvalue weighted by Crippen LogP contribution is -2.48. The second-order valence-corrected chi connectivity index (χ2v) is 5.56. The third-order valence-corrected chi connectivity index (χ3v) is 4.26. The first kappa shape index (κ1) is 13.8. The van der Waals surface area contributed by atoms with Gasteiger partial charge in [-0.3, -0.25) is 4.79 Å². The van der Waals surface area contributed by atoms with Crippen LogP contribution in [0.3, 0.4) is 0 Å². The van der Waals surface area contributed by atoms with Crippen molar-refractivity contribution >= 4 is 5.91 Å². The lowest BCUT2D eigenvalue weighted by atomic mass is 9.86. The van der Waals surface area contributed by atoms with Crippen LogP contribution in [0.2, 0.25) is 0 Å². The Balaban J connectivity index is 1.83. The summed E-state index contributed by atoms with van der Waals surface area (Å²) in [5.74, 6) is 1.07. The van der Waals surface area contributed by atoms with Crippen LogP contribution >= 0.6 is 0 Å². The number of nitrogens with one attached hydrogen (secondary N) is 1.